The van der Waals surface area contributed by atoms with Gasteiger partial charge in [0.1, 0.15) is 0 Å². The lowest BCUT2D eigenvalue weighted by Crippen LogP contribution is -2.60. The molecule has 22 heavy (non-hydrogen) atoms. The molecule has 1 heterocycles. The fraction of sp³-hybridized carbons (Fsp3) is 0.684. The predicted molar refractivity (Wildman–Crippen MR) is 94.6 cm³/mol. The van der Waals surface area contributed by atoms with Crippen LogP contribution in [0.3, 0.4) is 0 Å². The van der Waals surface area contributed by atoms with Crippen molar-refractivity contribution in [1.82, 2.24) is 4.90 Å². The van der Waals surface area contributed by atoms with E-state index in [1.54, 1.807) is 0 Å². The number of hydrogen-bond acceptors (Lipinski definition) is 2. The van der Waals surface area contributed by atoms with Crippen LogP contribution >= 0.6 is 0 Å². The molecular formula is C19H29BN2. The fourth-order valence-corrected chi connectivity index (χ4v) is 4.06. The van der Waals surface area contributed by atoms with Gasteiger partial charge in [0.25, 0.3) is 0 Å². The highest BCUT2D eigenvalue weighted by Gasteiger charge is 2.38. The molecule has 0 amide bonds. The molecule has 1 saturated heterocycles. The molecular weight excluding hydrogens is 267 g/mol. The molecule has 3 heteroatoms. The molecule has 0 aromatic heterocycles. The van der Waals surface area contributed by atoms with Gasteiger partial charge in [0.05, 0.1) is 7.85 Å². The maximum absolute atomic E-state index is 6.35. The first-order valence-corrected chi connectivity index (χ1v) is 8.80. The molecule has 1 aromatic carbocycles. The molecule has 0 unspecified atom stereocenters. The minimum absolute atomic E-state index is 0.140. The summed E-state index contributed by atoms with van der Waals surface area (Å²) in [5, 5.41) is 0. The largest absolute Gasteiger partial charge is 0.324 e. The molecule has 1 aliphatic carbocycles. The summed E-state index contributed by atoms with van der Waals surface area (Å²) in [4.78, 5) is 2.55. The highest BCUT2D eigenvalue weighted by Crippen LogP contribution is 2.33. The summed E-state index contributed by atoms with van der Waals surface area (Å²) in [6, 6.07) is 4.61. The summed E-state index contributed by atoms with van der Waals surface area (Å²) in [5.41, 5.74) is 12.3. The molecule has 3 rings (SSSR count). The Bertz CT molecular complexity index is 530. The Morgan fingerprint density at radius 1 is 1.18 bits per heavy atom. The molecule has 2 aliphatic rings. The zero-order valence-corrected chi connectivity index (χ0v) is 14.2. The molecule has 2 fully saturated rings. The van der Waals surface area contributed by atoms with E-state index in [9.17, 15) is 0 Å². The Labute approximate surface area is 136 Å². The van der Waals surface area contributed by atoms with Crippen LogP contribution in [0.2, 0.25) is 6.32 Å². The number of hydrogen-bond donors (Lipinski definition) is 1. The van der Waals surface area contributed by atoms with E-state index in [0.29, 0.717) is 0 Å². The molecule has 2 N–H and O–H groups in total. The van der Waals surface area contributed by atoms with Crippen LogP contribution in [0.15, 0.2) is 12.1 Å². The second-order valence-electron chi connectivity index (χ2n) is 7.65. The Kier molecular flexibility index (Phi) is 4.65. The van der Waals surface area contributed by atoms with E-state index in [-0.39, 0.29) is 5.54 Å². The average molecular weight is 296 g/mol. The molecule has 0 spiro atoms. The average Bonchev–Trinajstić information content (AvgIpc) is 2.42. The fourth-order valence-electron chi connectivity index (χ4n) is 4.06. The quantitative estimate of drug-likeness (QED) is 0.818. The van der Waals surface area contributed by atoms with Gasteiger partial charge in [-0.1, -0.05) is 18.5 Å². The summed E-state index contributed by atoms with van der Waals surface area (Å²) in [6.45, 7) is 8.07. The number of aryl methyl sites for hydroxylation is 1. The van der Waals surface area contributed by atoms with Crippen LogP contribution < -0.4 is 5.73 Å². The Hall–Kier alpha value is -0.795. The summed E-state index contributed by atoms with van der Waals surface area (Å²) in [5.74, 6) is 0.808. The van der Waals surface area contributed by atoms with E-state index in [0.717, 1.165) is 25.2 Å². The normalized spacial score (nSPS) is 21.4. The minimum atomic E-state index is 0.140. The van der Waals surface area contributed by atoms with Crippen LogP contribution in [0.25, 0.3) is 0 Å². The van der Waals surface area contributed by atoms with Crippen LogP contribution in [0.1, 0.15) is 41.5 Å². The van der Waals surface area contributed by atoms with Gasteiger partial charge in [-0.05, 0) is 74.1 Å². The Balaban J connectivity index is 1.53. The smallest absolute Gasteiger partial charge is 0.0657 e. The molecule has 1 saturated carbocycles. The van der Waals surface area contributed by atoms with Crippen molar-refractivity contribution < 1.29 is 0 Å². The third kappa shape index (κ3) is 3.26. The molecule has 0 bridgehead atoms. The van der Waals surface area contributed by atoms with E-state index in [1.807, 2.05) is 0 Å². The molecule has 2 nitrogen and oxygen atoms in total. The van der Waals surface area contributed by atoms with Crippen molar-refractivity contribution in [2.75, 3.05) is 19.6 Å². The third-order valence-electron chi connectivity index (χ3n) is 5.85. The van der Waals surface area contributed by atoms with Gasteiger partial charge in [-0.25, -0.2) is 0 Å². The predicted octanol–water partition coefficient (Wildman–Crippen LogP) is 2.79. The molecule has 1 aromatic rings. The molecule has 118 valence electrons. The topological polar surface area (TPSA) is 29.3 Å². The van der Waals surface area contributed by atoms with Crippen LogP contribution in [0, 0.1) is 19.8 Å². The lowest BCUT2D eigenvalue weighted by molar-refractivity contribution is 0.0501. The number of likely N-dealkylation sites (tertiary alicyclic amines) is 1. The third-order valence-corrected chi connectivity index (χ3v) is 5.85. The molecule has 2 radical (unpaired) electrons. The van der Waals surface area contributed by atoms with E-state index < -0.39 is 0 Å². The standard InChI is InChI=1S/C19H29BN2/c1-14-15(2)18(5-4-17(14)6-9-20)10-16-11-22(12-16)13-19(21)7-3-8-19/h4-5,16H,3,6-13,21H2,1-2H3. The highest BCUT2D eigenvalue weighted by molar-refractivity contribution is 6.08. The van der Waals surface area contributed by atoms with Gasteiger partial charge in [-0.3, -0.25) is 0 Å². The number of rotatable bonds is 6. The molecule has 1 aliphatic heterocycles. The van der Waals surface area contributed by atoms with Crippen LogP contribution in [-0.4, -0.2) is 37.9 Å². The Morgan fingerprint density at radius 2 is 1.82 bits per heavy atom. The lowest BCUT2D eigenvalue weighted by atomic mass is 9.76. The maximum atomic E-state index is 6.35. The first-order valence-electron chi connectivity index (χ1n) is 8.80. The summed E-state index contributed by atoms with van der Waals surface area (Å²) in [6.07, 6.45) is 6.69. The van der Waals surface area contributed by atoms with Gasteiger partial charge in [0.15, 0.2) is 0 Å². The van der Waals surface area contributed by atoms with Crippen molar-refractivity contribution in [1.29, 1.82) is 0 Å². The highest BCUT2D eigenvalue weighted by atomic mass is 15.2. The van der Waals surface area contributed by atoms with E-state index in [1.165, 1.54) is 61.0 Å². The van der Waals surface area contributed by atoms with E-state index in [4.69, 9.17) is 13.6 Å². The first kappa shape index (κ1) is 16.1. The second kappa shape index (κ2) is 6.37. The van der Waals surface area contributed by atoms with Gasteiger partial charge in [-0.2, -0.15) is 0 Å². The first-order chi connectivity index (χ1) is 10.5. The monoisotopic (exact) mass is 296 g/mol. The van der Waals surface area contributed by atoms with Crippen LogP contribution in [-0.2, 0) is 12.8 Å². The minimum Gasteiger partial charge on any atom is -0.324 e. The van der Waals surface area contributed by atoms with Crippen molar-refractivity contribution in [3.63, 3.8) is 0 Å². The summed E-state index contributed by atoms with van der Waals surface area (Å²) < 4.78 is 0. The van der Waals surface area contributed by atoms with Crippen molar-refractivity contribution in [2.45, 2.75) is 57.8 Å². The summed E-state index contributed by atoms with van der Waals surface area (Å²) in [7, 11) is 5.70. The van der Waals surface area contributed by atoms with Gasteiger partial charge >= 0.3 is 0 Å². The van der Waals surface area contributed by atoms with E-state index in [2.05, 4.69) is 30.9 Å². The van der Waals surface area contributed by atoms with Crippen LogP contribution in [0.4, 0.5) is 0 Å². The second-order valence-corrected chi connectivity index (χ2v) is 7.65. The maximum Gasteiger partial charge on any atom is 0.0657 e. The summed E-state index contributed by atoms with van der Waals surface area (Å²) >= 11 is 0. The zero-order valence-electron chi connectivity index (χ0n) is 14.2. The lowest BCUT2D eigenvalue weighted by Gasteiger charge is -2.48. The zero-order chi connectivity index (χ0) is 15.7. The Morgan fingerprint density at radius 3 is 2.41 bits per heavy atom. The van der Waals surface area contributed by atoms with Gasteiger partial charge in [0, 0.05) is 25.2 Å². The van der Waals surface area contributed by atoms with Crippen LogP contribution in [0.5, 0.6) is 0 Å². The van der Waals surface area contributed by atoms with Gasteiger partial charge in [-0.15, -0.1) is 0 Å². The van der Waals surface area contributed by atoms with Gasteiger partial charge < -0.3 is 10.6 Å². The van der Waals surface area contributed by atoms with Crippen molar-refractivity contribution in [2.24, 2.45) is 11.7 Å². The van der Waals surface area contributed by atoms with Gasteiger partial charge in [0.2, 0.25) is 0 Å². The van der Waals surface area contributed by atoms with Crippen molar-refractivity contribution in [3.05, 3.63) is 34.4 Å². The van der Waals surface area contributed by atoms with Crippen molar-refractivity contribution in [3.8, 4) is 0 Å². The molecule has 0 atom stereocenters. The SMILES string of the molecule is [B]CCc1ccc(CC2CN(CC3(N)CCC3)C2)c(C)c1C. The number of nitrogens with zero attached hydrogens (tertiary/aromatic N) is 1. The number of benzene rings is 1. The van der Waals surface area contributed by atoms with E-state index >= 15 is 0 Å². The number of nitrogens with two attached hydrogens (primary N) is 1. The van der Waals surface area contributed by atoms with Crippen molar-refractivity contribution >= 4 is 7.85 Å².